The van der Waals surface area contributed by atoms with Crippen LogP contribution in [0.3, 0.4) is 0 Å². The molecule has 198 valence electrons. The molecule has 3 atom stereocenters. The SMILES string of the molecule is CC(C)(C)OC(=O)N1C[C@H](c2cccc3[pH]c4ccccc4c23)C[C@H]1CP(c1ccccc1)c1ccccc1. The Hall–Kier alpha value is -3.12. The molecular weight excluding hydrogens is 516 g/mol. The van der Waals surface area contributed by atoms with E-state index in [9.17, 15) is 4.79 Å². The maximum Gasteiger partial charge on any atom is 0.410 e. The quantitative estimate of drug-likeness (QED) is 0.206. The summed E-state index contributed by atoms with van der Waals surface area (Å²) in [5, 5.41) is 8.31. The van der Waals surface area contributed by atoms with Gasteiger partial charge < -0.3 is 9.64 Å². The Bertz CT molecular complexity index is 1550. The van der Waals surface area contributed by atoms with Gasteiger partial charge in [0.15, 0.2) is 0 Å². The van der Waals surface area contributed by atoms with Gasteiger partial charge in [-0.05, 0) is 78.5 Å². The fraction of sp³-hybridized carbons (Fsp3) is 0.265. The number of carbonyl (C=O) groups is 1. The van der Waals surface area contributed by atoms with Gasteiger partial charge in [0.05, 0.1) is 0 Å². The van der Waals surface area contributed by atoms with Crippen molar-refractivity contribution in [2.45, 2.75) is 44.8 Å². The second-order valence-electron chi connectivity index (χ2n) is 11.4. The number of rotatable bonds is 5. The van der Waals surface area contributed by atoms with E-state index in [-0.39, 0.29) is 18.1 Å². The van der Waals surface area contributed by atoms with E-state index in [1.165, 1.54) is 37.2 Å². The predicted octanol–water partition coefficient (Wildman–Crippen LogP) is 8.25. The number of nitrogens with zero attached hydrogens (tertiary/aromatic N) is 1. The van der Waals surface area contributed by atoms with Gasteiger partial charge in [-0.3, -0.25) is 0 Å². The van der Waals surface area contributed by atoms with Crippen LogP contribution in [0.2, 0.25) is 0 Å². The second-order valence-corrected chi connectivity index (χ2v) is 15.0. The molecule has 1 aliphatic heterocycles. The van der Waals surface area contributed by atoms with Gasteiger partial charge in [-0.2, -0.15) is 0 Å². The van der Waals surface area contributed by atoms with Crippen molar-refractivity contribution in [2.75, 3.05) is 12.7 Å². The molecule has 39 heavy (non-hydrogen) atoms. The lowest BCUT2D eigenvalue weighted by atomic mass is 9.92. The van der Waals surface area contributed by atoms with Crippen molar-refractivity contribution in [3.8, 4) is 0 Å². The smallest absolute Gasteiger partial charge is 0.410 e. The predicted molar refractivity (Wildman–Crippen MR) is 169 cm³/mol. The number of carbonyl (C=O) groups excluding carboxylic acids is 1. The summed E-state index contributed by atoms with van der Waals surface area (Å²) in [6.45, 7) is 6.55. The summed E-state index contributed by atoms with van der Waals surface area (Å²) in [5.41, 5.74) is 0.849. The highest BCUT2D eigenvalue weighted by Gasteiger charge is 2.40. The lowest BCUT2D eigenvalue weighted by Gasteiger charge is -2.31. The Labute approximate surface area is 234 Å². The normalized spacial score (nSPS) is 18.0. The third-order valence-corrected chi connectivity index (χ3v) is 11.6. The van der Waals surface area contributed by atoms with Crippen LogP contribution in [0, 0.1) is 0 Å². The molecule has 5 heteroatoms. The summed E-state index contributed by atoms with van der Waals surface area (Å²) in [7, 11) is 0.0652. The summed E-state index contributed by atoms with van der Waals surface area (Å²) >= 11 is 0. The van der Waals surface area contributed by atoms with Gasteiger partial charge in [0.2, 0.25) is 0 Å². The molecule has 4 aromatic carbocycles. The van der Waals surface area contributed by atoms with Crippen molar-refractivity contribution < 1.29 is 9.53 Å². The van der Waals surface area contributed by atoms with Crippen molar-refractivity contribution in [1.82, 2.24) is 4.90 Å². The molecule has 0 radical (unpaired) electrons. The van der Waals surface area contributed by atoms with E-state index in [0.717, 1.165) is 12.6 Å². The zero-order valence-electron chi connectivity index (χ0n) is 22.8. The molecule has 1 unspecified atom stereocenters. The van der Waals surface area contributed by atoms with Gasteiger partial charge in [-0.1, -0.05) is 103 Å². The molecular formula is C34H35NO2P2. The molecule has 1 fully saturated rings. The monoisotopic (exact) mass is 551 g/mol. The first kappa shape index (κ1) is 26.1. The first-order valence-corrected chi connectivity index (χ1v) is 16.3. The highest BCUT2D eigenvalue weighted by Crippen LogP contribution is 2.46. The van der Waals surface area contributed by atoms with Gasteiger partial charge in [0, 0.05) is 18.5 Å². The van der Waals surface area contributed by atoms with Crippen molar-refractivity contribution in [3.05, 3.63) is 109 Å². The van der Waals surface area contributed by atoms with Gasteiger partial charge in [0.1, 0.15) is 5.60 Å². The van der Waals surface area contributed by atoms with Crippen LogP contribution in [-0.4, -0.2) is 35.3 Å². The van der Waals surface area contributed by atoms with E-state index >= 15 is 0 Å². The molecule has 0 bridgehead atoms. The minimum Gasteiger partial charge on any atom is -0.444 e. The van der Waals surface area contributed by atoms with Crippen LogP contribution in [0.5, 0.6) is 0 Å². The maximum absolute atomic E-state index is 13.6. The van der Waals surface area contributed by atoms with E-state index < -0.39 is 13.5 Å². The third kappa shape index (κ3) is 5.49. The summed E-state index contributed by atoms with van der Waals surface area (Å²) in [6, 6.07) is 37.3. The Morgan fingerprint density at radius 3 is 2.13 bits per heavy atom. The van der Waals surface area contributed by atoms with Gasteiger partial charge in [0.25, 0.3) is 0 Å². The first-order valence-electron chi connectivity index (χ1n) is 13.7. The van der Waals surface area contributed by atoms with E-state index in [4.69, 9.17) is 4.74 Å². The average molecular weight is 552 g/mol. The van der Waals surface area contributed by atoms with E-state index in [2.05, 4.69) is 103 Å². The maximum atomic E-state index is 13.6. The van der Waals surface area contributed by atoms with Crippen LogP contribution in [0.15, 0.2) is 103 Å². The molecule has 0 spiro atoms. The number of benzene rings is 4. The highest BCUT2D eigenvalue weighted by atomic mass is 31.1. The number of ether oxygens (including phenoxy) is 1. The van der Waals surface area contributed by atoms with Crippen molar-refractivity contribution in [1.29, 1.82) is 0 Å². The van der Waals surface area contributed by atoms with Crippen LogP contribution in [0.25, 0.3) is 21.0 Å². The van der Waals surface area contributed by atoms with Crippen LogP contribution >= 0.6 is 16.1 Å². The van der Waals surface area contributed by atoms with E-state index in [1.54, 1.807) is 0 Å². The third-order valence-electron chi connectivity index (χ3n) is 7.57. The first-order chi connectivity index (χ1) is 18.9. The number of likely N-dealkylation sites (tertiary alicyclic amines) is 1. The minimum atomic E-state index is -0.630. The van der Waals surface area contributed by atoms with Crippen LogP contribution < -0.4 is 10.6 Å². The lowest BCUT2D eigenvalue weighted by molar-refractivity contribution is 0.0239. The molecule has 1 amide bonds. The van der Waals surface area contributed by atoms with Gasteiger partial charge in [-0.15, -0.1) is 8.19 Å². The summed E-state index contributed by atoms with van der Waals surface area (Å²) in [5.74, 6) is 0.275. The van der Waals surface area contributed by atoms with Crippen LogP contribution in [0.1, 0.15) is 38.7 Å². The Morgan fingerprint density at radius 1 is 0.846 bits per heavy atom. The molecule has 1 aliphatic rings. The summed E-state index contributed by atoms with van der Waals surface area (Å²) in [6.07, 6.45) is 1.67. The van der Waals surface area contributed by atoms with Crippen LogP contribution in [-0.2, 0) is 4.74 Å². The minimum absolute atomic E-state index is 0.103. The fourth-order valence-corrected chi connectivity index (χ4v) is 9.86. The number of hydrogen-bond donors (Lipinski definition) is 0. The van der Waals surface area contributed by atoms with Crippen LogP contribution in [0.4, 0.5) is 4.79 Å². The van der Waals surface area contributed by atoms with Crippen molar-refractivity contribution in [2.24, 2.45) is 0 Å². The molecule has 0 N–H and O–H groups in total. The molecule has 1 saturated heterocycles. The van der Waals surface area contributed by atoms with E-state index in [0.29, 0.717) is 14.7 Å². The van der Waals surface area contributed by atoms with Gasteiger partial charge in [-0.25, -0.2) is 4.79 Å². The number of fused-ring (bicyclic) bond motifs is 3. The van der Waals surface area contributed by atoms with E-state index in [1.807, 2.05) is 25.7 Å². The Morgan fingerprint density at radius 2 is 1.46 bits per heavy atom. The topological polar surface area (TPSA) is 29.5 Å². The summed E-state index contributed by atoms with van der Waals surface area (Å²) in [4.78, 5) is 15.7. The molecule has 3 nitrogen and oxygen atoms in total. The van der Waals surface area contributed by atoms with Gasteiger partial charge >= 0.3 is 6.09 Å². The average Bonchev–Trinajstić information content (AvgIpc) is 3.53. The molecule has 0 aliphatic carbocycles. The van der Waals surface area contributed by atoms with Crippen molar-refractivity contribution >= 4 is 53.8 Å². The Balaban J connectivity index is 1.39. The summed E-state index contributed by atoms with van der Waals surface area (Å²) < 4.78 is 5.97. The number of amides is 1. The second kappa shape index (κ2) is 10.8. The standard InChI is InChI=1S/C34H35NO2P2/c1-34(2,3)37-33(36)35-22-24(28-18-12-20-31-32(28)29-17-10-11-19-30(29)38-31)21-25(35)23-39(26-13-6-4-7-14-26)27-15-8-5-9-16-27/h4-20,24-25,38H,21-23H2,1-3H3/t24-,25+/m1/s1. The van der Waals surface area contributed by atoms with Crippen molar-refractivity contribution in [3.63, 3.8) is 0 Å². The molecule has 6 rings (SSSR count). The Kier molecular flexibility index (Phi) is 7.23. The fourth-order valence-electron chi connectivity index (χ4n) is 5.92. The largest absolute Gasteiger partial charge is 0.444 e. The number of hydrogen-bond acceptors (Lipinski definition) is 2. The highest BCUT2D eigenvalue weighted by molar-refractivity contribution is 7.73. The lowest BCUT2D eigenvalue weighted by Crippen LogP contribution is -2.42. The molecule has 1 aromatic heterocycles. The zero-order chi connectivity index (χ0) is 27.0. The molecule has 5 aromatic rings. The zero-order valence-corrected chi connectivity index (χ0v) is 24.7. The molecule has 0 saturated carbocycles. The molecule has 2 heterocycles.